The highest BCUT2D eigenvalue weighted by atomic mass is 16.5. The van der Waals surface area contributed by atoms with Crippen LogP contribution >= 0.6 is 0 Å². The van der Waals surface area contributed by atoms with Gasteiger partial charge >= 0.3 is 0 Å². The topological polar surface area (TPSA) is 55.6 Å². The number of hydrogen-bond acceptors (Lipinski definition) is 3. The molecular formula is C19H28N2O2. The molecule has 1 aliphatic heterocycles. The van der Waals surface area contributed by atoms with Crippen molar-refractivity contribution in [2.75, 3.05) is 19.6 Å². The smallest absolute Gasteiger partial charge is 0.226 e. The van der Waals surface area contributed by atoms with Crippen LogP contribution in [0.4, 0.5) is 0 Å². The van der Waals surface area contributed by atoms with E-state index in [4.69, 9.17) is 10.5 Å². The summed E-state index contributed by atoms with van der Waals surface area (Å²) in [5.41, 5.74) is 7.06. The number of amides is 1. The zero-order valence-electron chi connectivity index (χ0n) is 14.0. The molecule has 2 fully saturated rings. The normalized spacial score (nSPS) is 25.6. The predicted octanol–water partition coefficient (Wildman–Crippen LogP) is 2.74. The molecule has 1 aliphatic carbocycles. The van der Waals surface area contributed by atoms with Crippen LogP contribution in [0, 0.1) is 18.8 Å². The third-order valence-corrected chi connectivity index (χ3v) is 5.36. The molecular weight excluding hydrogens is 288 g/mol. The molecule has 4 heteroatoms. The fraction of sp³-hybridized carbons (Fsp3) is 0.632. The maximum absolute atomic E-state index is 12.7. The number of ether oxygens (including phenoxy) is 1. The first-order chi connectivity index (χ1) is 11.2. The van der Waals surface area contributed by atoms with E-state index in [1.165, 1.54) is 5.56 Å². The first-order valence-electron chi connectivity index (χ1n) is 8.89. The lowest BCUT2D eigenvalue weighted by atomic mass is 9.93. The second kappa shape index (κ2) is 7.35. The fourth-order valence-corrected chi connectivity index (χ4v) is 3.88. The number of nitrogens with zero attached hydrogens (tertiary/aromatic N) is 1. The van der Waals surface area contributed by atoms with Gasteiger partial charge in [0, 0.05) is 31.8 Å². The number of hydrogen-bond donors (Lipinski definition) is 1. The van der Waals surface area contributed by atoms with E-state index >= 15 is 0 Å². The third-order valence-electron chi connectivity index (χ3n) is 5.36. The Hall–Kier alpha value is -1.55. The van der Waals surface area contributed by atoms with E-state index in [2.05, 4.69) is 19.1 Å². The van der Waals surface area contributed by atoms with Gasteiger partial charge in [-0.15, -0.1) is 0 Å². The first kappa shape index (κ1) is 16.3. The molecule has 0 spiro atoms. The maximum Gasteiger partial charge on any atom is 0.226 e. The Morgan fingerprint density at radius 1 is 1.17 bits per heavy atom. The Morgan fingerprint density at radius 3 is 2.52 bits per heavy atom. The number of rotatable bonds is 4. The van der Waals surface area contributed by atoms with Crippen molar-refractivity contribution in [2.45, 2.75) is 45.1 Å². The molecule has 3 rings (SSSR count). The minimum absolute atomic E-state index is 0.162. The van der Waals surface area contributed by atoms with Crippen LogP contribution in [-0.2, 0) is 4.79 Å². The van der Waals surface area contributed by atoms with Gasteiger partial charge in [-0.2, -0.15) is 0 Å². The van der Waals surface area contributed by atoms with Crippen molar-refractivity contribution in [3.05, 3.63) is 29.8 Å². The molecule has 0 unspecified atom stereocenters. The van der Waals surface area contributed by atoms with Crippen molar-refractivity contribution in [1.29, 1.82) is 0 Å². The Morgan fingerprint density at radius 2 is 1.87 bits per heavy atom. The summed E-state index contributed by atoms with van der Waals surface area (Å²) in [5.74, 6) is 1.81. The van der Waals surface area contributed by atoms with Gasteiger partial charge in [-0.25, -0.2) is 0 Å². The van der Waals surface area contributed by atoms with Gasteiger partial charge < -0.3 is 15.4 Å². The molecule has 1 aromatic carbocycles. The quantitative estimate of drug-likeness (QED) is 0.929. The molecule has 0 aromatic heterocycles. The highest BCUT2D eigenvalue weighted by Gasteiger charge is 2.36. The molecule has 1 saturated heterocycles. The van der Waals surface area contributed by atoms with E-state index in [1.54, 1.807) is 0 Å². The van der Waals surface area contributed by atoms with E-state index < -0.39 is 0 Å². The average molecular weight is 316 g/mol. The number of likely N-dealkylation sites (tertiary alicyclic amines) is 1. The summed E-state index contributed by atoms with van der Waals surface area (Å²) >= 11 is 0. The van der Waals surface area contributed by atoms with Crippen molar-refractivity contribution in [2.24, 2.45) is 17.6 Å². The van der Waals surface area contributed by atoms with Crippen LogP contribution in [0.1, 0.15) is 37.7 Å². The van der Waals surface area contributed by atoms with Crippen LogP contribution in [0.2, 0.25) is 0 Å². The van der Waals surface area contributed by atoms with Crippen molar-refractivity contribution >= 4 is 5.91 Å². The molecule has 1 aromatic rings. The van der Waals surface area contributed by atoms with E-state index in [0.717, 1.165) is 50.9 Å². The number of nitrogens with two attached hydrogens (primary N) is 1. The van der Waals surface area contributed by atoms with Crippen molar-refractivity contribution in [3.63, 3.8) is 0 Å². The summed E-state index contributed by atoms with van der Waals surface area (Å²) in [5, 5.41) is 0. The highest BCUT2D eigenvalue weighted by Crippen LogP contribution is 2.33. The van der Waals surface area contributed by atoms with Crippen LogP contribution in [-0.4, -0.2) is 36.5 Å². The molecule has 126 valence electrons. The Kier molecular flexibility index (Phi) is 5.21. The van der Waals surface area contributed by atoms with Gasteiger partial charge in [-0.1, -0.05) is 24.1 Å². The van der Waals surface area contributed by atoms with Crippen LogP contribution in [0.3, 0.4) is 0 Å². The lowest BCUT2D eigenvalue weighted by Crippen LogP contribution is -2.45. The molecule has 0 bridgehead atoms. The van der Waals surface area contributed by atoms with Gasteiger partial charge in [0.05, 0.1) is 0 Å². The Labute approximate surface area is 139 Å². The van der Waals surface area contributed by atoms with E-state index in [1.807, 2.05) is 17.0 Å². The summed E-state index contributed by atoms with van der Waals surface area (Å²) in [7, 11) is 0. The molecule has 2 N–H and O–H groups in total. The second-order valence-corrected chi connectivity index (χ2v) is 6.99. The van der Waals surface area contributed by atoms with E-state index in [-0.39, 0.29) is 12.0 Å². The predicted molar refractivity (Wildman–Crippen MR) is 91.3 cm³/mol. The lowest BCUT2D eigenvalue weighted by molar-refractivity contribution is -0.138. The van der Waals surface area contributed by atoms with Crippen molar-refractivity contribution in [3.8, 4) is 5.75 Å². The minimum Gasteiger partial charge on any atom is -0.490 e. The summed E-state index contributed by atoms with van der Waals surface area (Å²) in [6, 6.07) is 8.19. The van der Waals surface area contributed by atoms with Crippen LogP contribution in [0.15, 0.2) is 24.3 Å². The van der Waals surface area contributed by atoms with Crippen molar-refractivity contribution in [1.82, 2.24) is 4.90 Å². The minimum atomic E-state index is 0.162. The number of carbonyl (C=O) groups is 1. The van der Waals surface area contributed by atoms with E-state index in [0.29, 0.717) is 18.4 Å². The fourth-order valence-electron chi connectivity index (χ4n) is 3.88. The molecule has 1 heterocycles. The molecule has 2 aliphatic rings. The number of aryl methyl sites for hydroxylation is 1. The Bertz CT molecular complexity index is 521. The highest BCUT2D eigenvalue weighted by molar-refractivity contribution is 5.79. The summed E-state index contributed by atoms with van der Waals surface area (Å²) in [6.07, 6.45) is 5.32. The van der Waals surface area contributed by atoms with Gasteiger partial charge in [0.15, 0.2) is 0 Å². The summed E-state index contributed by atoms with van der Waals surface area (Å²) < 4.78 is 6.05. The zero-order chi connectivity index (χ0) is 16.2. The van der Waals surface area contributed by atoms with Gasteiger partial charge in [-0.3, -0.25) is 4.79 Å². The zero-order valence-corrected chi connectivity index (χ0v) is 14.0. The largest absolute Gasteiger partial charge is 0.490 e. The van der Waals surface area contributed by atoms with Crippen LogP contribution < -0.4 is 10.5 Å². The molecule has 2 atom stereocenters. The summed E-state index contributed by atoms with van der Waals surface area (Å²) in [4.78, 5) is 14.7. The van der Waals surface area contributed by atoms with Crippen LogP contribution in [0.5, 0.6) is 5.75 Å². The van der Waals surface area contributed by atoms with Gasteiger partial charge in [0.2, 0.25) is 5.91 Å². The molecule has 0 radical (unpaired) electrons. The Balaban J connectivity index is 1.50. The molecule has 1 amide bonds. The van der Waals surface area contributed by atoms with E-state index in [9.17, 15) is 4.79 Å². The maximum atomic E-state index is 12.7. The van der Waals surface area contributed by atoms with Gasteiger partial charge in [-0.05, 0) is 44.4 Å². The van der Waals surface area contributed by atoms with Gasteiger partial charge in [0.1, 0.15) is 11.9 Å². The van der Waals surface area contributed by atoms with Gasteiger partial charge in [0.25, 0.3) is 0 Å². The second-order valence-electron chi connectivity index (χ2n) is 6.99. The first-order valence-corrected chi connectivity index (χ1v) is 8.89. The van der Waals surface area contributed by atoms with Crippen molar-refractivity contribution < 1.29 is 9.53 Å². The molecule has 1 saturated carbocycles. The summed E-state index contributed by atoms with van der Waals surface area (Å²) in [6.45, 7) is 4.33. The number of benzene rings is 1. The monoisotopic (exact) mass is 316 g/mol. The third kappa shape index (κ3) is 3.86. The number of piperidine rings is 1. The number of carbonyl (C=O) groups excluding carboxylic acids is 1. The molecule has 4 nitrogen and oxygen atoms in total. The lowest BCUT2D eigenvalue weighted by Gasteiger charge is -2.34. The van der Waals surface area contributed by atoms with Crippen LogP contribution in [0.25, 0.3) is 0 Å². The standard InChI is InChI=1S/C19H28N2O2/c1-14-5-7-16(8-6-14)23-17-9-11-21(12-10-17)19(22)18-4-2-3-15(18)13-20/h5-8,15,17-18H,2-4,9-13,20H2,1H3/t15-,18-/m1/s1. The SMILES string of the molecule is Cc1ccc(OC2CCN(C(=O)[C@@H]3CCC[C@@H]3CN)CC2)cc1. The average Bonchev–Trinajstić information content (AvgIpc) is 3.06. The molecule has 23 heavy (non-hydrogen) atoms.